The van der Waals surface area contributed by atoms with Crippen LogP contribution in [0.15, 0.2) is 24.5 Å². The molecule has 2 aliphatic rings. The van der Waals surface area contributed by atoms with Crippen molar-refractivity contribution in [2.24, 2.45) is 5.41 Å². The third-order valence-electron chi connectivity index (χ3n) is 5.80. The third kappa shape index (κ3) is 5.06. The van der Waals surface area contributed by atoms with Crippen molar-refractivity contribution in [1.29, 1.82) is 0 Å². The molecule has 1 aromatic rings. The first kappa shape index (κ1) is 19.8. The van der Waals surface area contributed by atoms with Crippen LogP contribution in [-0.4, -0.2) is 66.5 Å². The second kappa shape index (κ2) is 8.83. The lowest BCUT2D eigenvalue weighted by Crippen LogP contribution is -2.45. The molecule has 0 aromatic carbocycles. The van der Waals surface area contributed by atoms with Crippen LogP contribution in [0.25, 0.3) is 0 Å². The molecule has 27 heavy (non-hydrogen) atoms. The maximum atomic E-state index is 12.5. The number of hydrogen-bond donors (Lipinski definition) is 0. The minimum Gasteiger partial charge on any atom is -0.461 e. The van der Waals surface area contributed by atoms with E-state index in [-0.39, 0.29) is 23.4 Å². The molecule has 6 nitrogen and oxygen atoms in total. The molecule has 1 atom stereocenters. The number of carbonyl (C=O) groups is 2. The van der Waals surface area contributed by atoms with Crippen molar-refractivity contribution in [1.82, 2.24) is 14.8 Å². The second-order valence-corrected chi connectivity index (χ2v) is 8.22. The molecular formula is C21H31N3O3. The highest BCUT2D eigenvalue weighted by Gasteiger charge is 2.50. The molecule has 0 radical (unpaired) electrons. The molecule has 3 heterocycles. The number of rotatable bonds is 7. The molecule has 0 saturated carbocycles. The molecule has 2 fully saturated rings. The summed E-state index contributed by atoms with van der Waals surface area (Å²) >= 11 is 0. The van der Waals surface area contributed by atoms with Crippen LogP contribution < -0.4 is 0 Å². The molecule has 6 heteroatoms. The molecule has 0 N–H and O–H groups in total. The highest BCUT2D eigenvalue weighted by molar-refractivity contribution is 5.80. The van der Waals surface area contributed by atoms with Crippen molar-refractivity contribution in [2.75, 3.05) is 33.7 Å². The summed E-state index contributed by atoms with van der Waals surface area (Å²) in [6, 6.07) is 4.02. The summed E-state index contributed by atoms with van der Waals surface area (Å²) in [6.07, 6.45) is 9.34. The number of ether oxygens (including phenoxy) is 1. The fourth-order valence-electron chi connectivity index (χ4n) is 4.25. The van der Waals surface area contributed by atoms with Crippen LogP contribution in [0.2, 0.25) is 0 Å². The molecule has 1 amide bonds. The molecule has 1 unspecified atom stereocenters. The number of aryl methyl sites for hydroxylation is 1. The van der Waals surface area contributed by atoms with Gasteiger partial charge in [0.25, 0.3) is 0 Å². The Balaban J connectivity index is 1.39. The number of carbonyl (C=O) groups excluding carboxylic acids is 2. The zero-order valence-electron chi connectivity index (χ0n) is 16.5. The fraction of sp³-hybridized carbons (Fsp3) is 0.667. The van der Waals surface area contributed by atoms with Gasteiger partial charge in [-0.1, -0.05) is 6.07 Å². The van der Waals surface area contributed by atoms with Crippen LogP contribution in [0, 0.1) is 5.41 Å². The van der Waals surface area contributed by atoms with Crippen LogP contribution in [0.4, 0.5) is 0 Å². The average molecular weight is 373 g/mol. The van der Waals surface area contributed by atoms with Crippen LogP contribution >= 0.6 is 0 Å². The maximum absolute atomic E-state index is 12.5. The van der Waals surface area contributed by atoms with Gasteiger partial charge in [0.15, 0.2) is 0 Å². The van der Waals surface area contributed by atoms with Crippen molar-refractivity contribution in [3.8, 4) is 0 Å². The largest absolute Gasteiger partial charge is 0.461 e. The van der Waals surface area contributed by atoms with E-state index >= 15 is 0 Å². The predicted molar refractivity (Wildman–Crippen MR) is 103 cm³/mol. The SMILES string of the molecule is CN(C)CC1CC2(CCN(C(=O)CCCCc3cccnc3)CC2)C(=O)O1. The Morgan fingerprint density at radius 3 is 2.78 bits per heavy atom. The van der Waals surface area contributed by atoms with Crippen LogP contribution in [0.3, 0.4) is 0 Å². The molecular weight excluding hydrogens is 342 g/mol. The number of hydrogen-bond acceptors (Lipinski definition) is 5. The summed E-state index contributed by atoms with van der Waals surface area (Å²) in [6.45, 7) is 2.11. The zero-order chi connectivity index (χ0) is 19.3. The Kier molecular flexibility index (Phi) is 6.47. The number of piperidine rings is 1. The van der Waals surface area contributed by atoms with Gasteiger partial charge in [-0.05, 0) is 57.8 Å². The fourth-order valence-corrected chi connectivity index (χ4v) is 4.25. The highest BCUT2D eigenvalue weighted by atomic mass is 16.6. The number of likely N-dealkylation sites (tertiary alicyclic amines) is 1. The lowest BCUT2D eigenvalue weighted by atomic mass is 9.76. The van der Waals surface area contributed by atoms with Crippen molar-refractivity contribution in [3.05, 3.63) is 30.1 Å². The summed E-state index contributed by atoms with van der Waals surface area (Å²) in [5, 5.41) is 0. The van der Waals surface area contributed by atoms with Gasteiger partial charge < -0.3 is 14.5 Å². The van der Waals surface area contributed by atoms with E-state index in [1.54, 1.807) is 6.20 Å². The van der Waals surface area contributed by atoms with Crippen LogP contribution in [-0.2, 0) is 20.7 Å². The number of nitrogens with zero attached hydrogens (tertiary/aromatic N) is 3. The Morgan fingerprint density at radius 1 is 1.33 bits per heavy atom. The number of cyclic esters (lactones) is 1. The molecule has 2 saturated heterocycles. The topological polar surface area (TPSA) is 62.7 Å². The Hall–Kier alpha value is -1.95. The molecule has 1 aromatic heterocycles. The monoisotopic (exact) mass is 373 g/mol. The van der Waals surface area contributed by atoms with E-state index in [1.807, 2.05) is 31.3 Å². The van der Waals surface area contributed by atoms with Gasteiger partial charge in [0, 0.05) is 44.9 Å². The first-order chi connectivity index (χ1) is 13.0. The standard InChI is InChI=1S/C21H31N3O3/c1-23(2)16-18-14-21(20(26)27-18)9-12-24(13-10-21)19(25)8-4-3-6-17-7-5-11-22-15-17/h5,7,11,15,18H,3-4,6,8-10,12-14,16H2,1-2H3. The van der Waals surface area contributed by atoms with E-state index in [1.165, 1.54) is 5.56 Å². The number of esters is 1. The molecule has 148 valence electrons. The van der Waals surface area contributed by atoms with Crippen LogP contribution in [0.5, 0.6) is 0 Å². The van der Waals surface area contributed by atoms with E-state index in [9.17, 15) is 9.59 Å². The quantitative estimate of drug-likeness (QED) is 0.542. The van der Waals surface area contributed by atoms with Crippen molar-refractivity contribution in [3.63, 3.8) is 0 Å². The van der Waals surface area contributed by atoms with Gasteiger partial charge in [-0.3, -0.25) is 14.6 Å². The van der Waals surface area contributed by atoms with Gasteiger partial charge in [-0.25, -0.2) is 0 Å². The Morgan fingerprint density at radius 2 is 2.11 bits per heavy atom. The number of likely N-dealkylation sites (N-methyl/N-ethyl adjacent to an activating group) is 1. The number of pyridine rings is 1. The summed E-state index contributed by atoms with van der Waals surface area (Å²) < 4.78 is 5.59. The molecule has 1 spiro atoms. The second-order valence-electron chi connectivity index (χ2n) is 8.22. The van der Waals surface area contributed by atoms with Crippen molar-refractivity contribution in [2.45, 2.75) is 51.0 Å². The smallest absolute Gasteiger partial charge is 0.312 e. The minimum absolute atomic E-state index is 0.0118. The summed E-state index contributed by atoms with van der Waals surface area (Å²) in [7, 11) is 3.99. The first-order valence-corrected chi connectivity index (χ1v) is 10.0. The van der Waals surface area contributed by atoms with E-state index in [2.05, 4.69) is 16.0 Å². The predicted octanol–water partition coefficient (Wildman–Crippen LogP) is 2.28. The maximum Gasteiger partial charge on any atom is 0.312 e. The van der Waals surface area contributed by atoms with Gasteiger partial charge in [-0.2, -0.15) is 0 Å². The van der Waals surface area contributed by atoms with E-state index < -0.39 is 0 Å². The van der Waals surface area contributed by atoms with Gasteiger partial charge in [0.2, 0.25) is 5.91 Å². The van der Waals surface area contributed by atoms with E-state index in [0.717, 1.165) is 45.1 Å². The molecule has 0 bridgehead atoms. The minimum atomic E-state index is -0.363. The Labute approximate surface area is 161 Å². The summed E-state index contributed by atoms with van der Waals surface area (Å²) in [4.78, 5) is 33.0. The van der Waals surface area contributed by atoms with E-state index in [0.29, 0.717) is 19.5 Å². The molecule has 2 aliphatic heterocycles. The highest BCUT2D eigenvalue weighted by Crippen LogP contribution is 2.43. The number of aromatic nitrogens is 1. The summed E-state index contributed by atoms with van der Waals surface area (Å²) in [5.41, 5.74) is 0.856. The van der Waals surface area contributed by atoms with Crippen molar-refractivity contribution >= 4 is 11.9 Å². The normalized spacial score (nSPS) is 21.7. The van der Waals surface area contributed by atoms with Gasteiger partial charge in [-0.15, -0.1) is 0 Å². The number of amides is 1. The number of unbranched alkanes of at least 4 members (excludes halogenated alkanes) is 1. The molecule has 0 aliphatic carbocycles. The van der Waals surface area contributed by atoms with Gasteiger partial charge >= 0.3 is 5.97 Å². The van der Waals surface area contributed by atoms with E-state index in [4.69, 9.17) is 4.74 Å². The molecule has 3 rings (SSSR count). The zero-order valence-corrected chi connectivity index (χ0v) is 16.5. The first-order valence-electron chi connectivity index (χ1n) is 10.0. The lowest BCUT2D eigenvalue weighted by Gasteiger charge is -2.36. The van der Waals surface area contributed by atoms with Gasteiger partial charge in [0.1, 0.15) is 6.10 Å². The lowest BCUT2D eigenvalue weighted by molar-refractivity contribution is -0.152. The summed E-state index contributed by atoms with van der Waals surface area (Å²) in [5.74, 6) is 0.158. The van der Waals surface area contributed by atoms with Crippen LogP contribution in [0.1, 0.15) is 44.1 Å². The Bertz CT molecular complexity index is 639. The van der Waals surface area contributed by atoms with Crippen molar-refractivity contribution < 1.29 is 14.3 Å². The van der Waals surface area contributed by atoms with Gasteiger partial charge in [0.05, 0.1) is 5.41 Å². The third-order valence-corrected chi connectivity index (χ3v) is 5.80. The average Bonchev–Trinajstić information content (AvgIpc) is 2.94.